The number of alkyl halides is 3. The van der Waals surface area contributed by atoms with Gasteiger partial charge in [0.1, 0.15) is 5.75 Å². The highest BCUT2D eigenvalue weighted by molar-refractivity contribution is 5.96. The highest BCUT2D eigenvalue weighted by Crippen LogP contribution is 2.31. The highest BCUT2D eigenvalue weighted by atomic mass is 19.4. The maximum atomic E-state index is 12.9. The number of ketones is 1. The van der Waals surface area contributed by atoms with Crippen LogP contribution in [0.1, 0.15) is 60.4 Å². The van der Waals surface area contributed by atoms with Crippen molar-refractivity contribution >= 4 is 11.8 Å². The van der Waals surface area contributed by atoms with E-state index in [2.05, 4.69) is 5.10 Å². The molecule has 1 aromatic heterocycles. The molecule has 3 rings (SSSR count). The number of esters is 1. The Balaban J connectivity index is 1.70. The average Bonchev–Trinajstić information content (AvgIpc) is 3.26. The van der Waals surface area contributed by atoms with Crippen molar-refractivity contribution in [2.45, 2.75) is 52.8 Å². The summed E-state index contributed by atoms with van der Waals surface area (Å²) in [6, 6.07) is 11.7. The molecule has 0 radical (unpaired) electrons. The first-order valence-corrected chi connectivity index (χ1v) is 11.7. The van der Waals surface area contributed by atoms with Crippen LogP contribution in [0, 0.1) is 6.92 Å². The minimum Gasteiger partial charge on any atom is -0.482 e. The summed E-state index contributed by atoms with van der Waals surface area (Å²) in [6.07, 6.45) is -3.75. The van der Waals surface area contributed by atoms with E-state index >= 15 is 0 Å². The van der Waals surface area contributed by atoms with Crippen LogP contribution in [0.15, 0.2) is 48.5 Å². The summed E-state index contributed by atoms with van der Waals surface area (Å²) < 4.78 is 50.7. The monoisotopic (exact) mass is 502 g/mol. The lowest BCUT2D eigenvalue weighted by atomic mass is 10.0. The lowest BCUT2D eigenvalue weighted by Gasteiger charge is -2.11. The van der Waals surface area contributed by atoms with Crippen LogP contribution in [-0.4, -0.2) is 34.7 Å². The number of hydrogen-bond acceptors (Lipinski definition) is 5. The van der Waals surface area contributed by atoms with Gasteiger partial charge < -0.3 is 9.47 Å². The summed E-state index contributed by atoms with van der Waals surface area (Å²) >= 11 is 0. The van der Waals surface area contributed by atoms with Crippen LogP contribution >= 0.6 is 0 Å². The first kappa shape index (κ1) is 27.0. The number of ether oxygens (including phenoxy) is 2. The van der Waals surface area contributed by atoms with Gasteiger partial charge in [-0.25, -0.2) is 4.79 Å². The molecule has 1 heterocycles. The zero-order valence-corrected chi connectivity index (χ0v) is 20.7. The van der Waals surface area contributed by atoms with Gasteiger partial charge in [0.05, 0.1) is 17.9 Å². The molecule has 0 saturated heterocycles. The summed E-state index contributed by atoms with van der Waals surface area (Å²) in [7, 11) is 0. The molecule has 0 bridgehead atoms. The van der Waals surface area contributed by atoms with Crippen molar-refractivity contribution in [2.24, 2.45) is 0 Å². The number of carbonyl (C=O) groups excluding carboxylic acids is 2. The molecule has 0 aliphatic rings. The first-order chi connectivity index (χ1) is 17.0. The van der Waals surface area contributed by atoms with Crippen LogP contribution < -0.4 is 4.74 Å². The maximum absolute atomic E-state index is 12.9. The molecule has 0 atom stereocenters. The Bertz CT molecular complexity index is 1210. The summed E-state index contributed by atoms with van der Waals surface area (Å²) in [6.45, 7) is 7.48. The molecule has 0 spiro atoms. The fourth-order valence-electron chi connectivity index (χ4n) is 3.75. The Hall–Kier alpha value is -3.62. The Morgan fingerprint density at radius 3 is 2.33 bits per heavy atom. The van der Waals surface area contributed by atoms with Crippen molar-refractivity contribution in [2.75, 3.05) is 13.2 Å². The molecule has 0 fully saturated rings. The van der Waals surface area contributed by atoms with Crippen LogP contribution in [0.5, 0.6) is 5.75 Å². The van der Waals surface area contributed by atoms with Gasteiger partial charge in [0.15, 0.2) is 12.4 Å². The molecule has 3 aromatic rings. The van der Waals surface area contributed by atoms with Crippen molar-refractivity contribution in [3.05, 3.63) is 70.9 Å². The number of aryl methyl sites for hydroxylation is 2. The standard InChI is InChI=1S/C27H29F3N2O4/c1-5-35-26(34)16-36-25-13-8-20(14-18(25)4)24(33)12-11-22-15-23(31-32(22)17(2)3)19-6-9-21(10-7-19)27(28,29)30/h6-10,13-15,17H,5,11-12,16H2,1-4H3. The molecular weight excluding hydrogens is 473 g/mol. The van der Waals surface area contributed by atoms with Gasteiger partial charge in [-0.2, -0.15) is 18.3 Å². The summed E-state index contributed by atoms with van der Waals surface area (Å²) in [4.78, 5) is 24.4. The largest absolute Gasteiger partial charge is 0.482 e. The van der Waals surface area contributed by atoms with E-state index in [1.54, 1.807) is 36.7 Å². The Kier molecular flexibility index (Phi) is 8.55. The summed E-state index contributed by atoms with van der Waals surface area (Å²) in [5.41, 5.74) is 2.48. The number of benzene rings is 2. The highest BCUT2D eigenvalue weighted by Gasteiger charge is 2.30. The molecule has 9 heteroatoms. The minimum atomic E-state index is -4.40. The van der Waals surface area contributed by atoms with Gasteiger partial charge in [-0.3, -0.25) is 9.48 Å². The molecule has 0 aliphatic carbocycles. The molecule has 0 saturated carbocycles. The number of nitrogens with zero attached hydrogens (tertiary/aromatic N) is 2. The Morgan fingerprint density at radius 1 is 1.06 bits per heavy atom. The number of Topliss-reactive ketones (excluding diaryl/α,β-unsaturated/α-hetero) is 1. The number of hydrogen-bond donors (Lipinski definition) is 0. The van der Waals surface area contributed by atoms with E-state index in [0.717, 1.165) is 23.4 Å². The van der Waals surface area contributed by atoms with Gasteiger partial charge in [-0.15, -0.1) is 0 Å². The average molecular weight is 503 g/mol. The predicted octanol–water partition coefficient (Wildman–Crippen LogP) is 6.22. The van der Waals surface area contributed by atoms with Crippen molar-refractivity contribution in [3.63, 3.8) is 0 Å². The first-order valence-electron chi connectivity index (χ1n) is 11.7. The smallest absolute Gasteiger partial charge is 0.416 e. The van der Waals surface area contributed by atoms with E-state index in [-0.39, 0.29) is 31.5 Å². The molecule has 0 aliphatic heterocycles. The molecule has 192 valence electrons. The van der Waals surface area contributed by atoms with E-state index in [9.17, 15) is 22.8 Å². The van der Waals surface area contributed by atoms with Gasteiger partial charge in [-0.05, 0) is 76.1 Å². The lowest BCUT2D eigenvalue weighted by Crippen LogP contribution is -2.15. The van der Waals surface area contributed by atoms with E-state index in [1.165, 1.54) is 12.1 Å². The van der Waals surface area contributed by atoms with E-state index in [1.807, 2.05) is 19.9 Å². The van der Waals surface area contributed by atoms with Crippen LogP contribution in [0.25, 0.3) is 11.3 Å². The molecule has 6 nitrogen and oxygen atoms in total. The van der Waals surface area contributed by atoms with Gasteiger partial charge in [-0.1, -0.05) is 12.1 Å². The Morgan fingerprint density at radius 2 is 1.75 bits per heavy atom. The van der Waals surface area contributed by atoms with Gasteiger partial charge >= 0.3 is 12.1 Å². The van der Waals surface area contributed by atoms with Crippen LogP contribution in [-0.2, 0) is 22.1 Å². The lowest BCUT2D eigenvalue weighted by molar-refractivity contribution is -0.145. The predicted molar refractivity (Wildman–Crippen MR) is 129 cm³/mol. The van der Waals surface area contributed by atoms with E-state index in [4.69, 9.17) is 9.47 Å². The molecule has 36 heavy (non-hydrogen) atoms. The second-order valence-electron chi connectivity index (χ2n) is 8.63. The third-order valence-corrected chi connectivity index (χ3v) is 5.57. The Labute approximate surface area is 208 Å². The topological polar surface area (TPSA) is 70.4 Å². The third kappa shape index (κ3) is 6.74. The SMILES string of the molecule is CCOC(=O)COc1ccc(C(=O)CCc2cc(-c3ccc(C(F)(F)F)cc3)nn2C(C)C)cc1C. The number of halogens is 3. The van der Waals surface area contributed by atoms with Gasteiger partial charge in [0.2, 0.25) is 0 Å². The fraction of sp³-hybridized carbons (Fsp3) is 0.370. The third-order valence-electron chi connectivity index (χ3n) is 5.57. The molecule has 0 unspecified atom stereocenters. The van der Waals surface area contributed by atoms with Crippen LogP contribution in [0.4, 0.5) is 13.2 Å². The molecular formula is C27H29F3N2O4. The van der Waals surface area contributed by atoms with Crippen LogP contribution in [0.3, 0.4) is 0 Å². The molecule has 2 aromatic carbocycles. The molecule has 0 N–H and O–H groups in total. The minimum absolute atomic E-state index is 0.0105. The number of carbonyl (C=O) groups is 2. The summed E-state index contributed by atoms with van der Waals surface area (Å²) in [5, 5.41) is 4.57. The molecule has 0 amide bonds. The number of aromatic nitrogens is 2. The van der Waals surface area contributed by atoms with Gasteiger partial charge in [0.25, 0.3) is 0 Å². The normalized spacial score (nSPS) is 11.6. The maximum Gasteiger partial charge on any atom is 0.416 e. The van der Waals surface area contributed by atoms with Crippen LogP contribution in [0.2, 0.25) is 0 Å². The second-order valence-corrected chi connectivity index (χ2v) is 8.63. The summed E-state index contributed by atoms with van der Waals surface area (Å²) in [5.74, 6) is -0.0317. The fourth-order valence-corrected chi connectivity index (χ4v) is 3.75. The zero-order chi connectivity index (χ0) is 26.5. The number of rotatable bonds is 10. The van der Waals surface area contributed by atoms with Crippen molar-refractivity contribution in [3.8, 4) is 17.0 Å². The second kappa shape index (κ2) is 11.4. The van der Waals surface area contributed by atoms with Crippen molar-refractivity contribution < 1.29 is 32.2 Å². The van der Waals surface area contributed by atoms with Gasteiger partial charge in [0, 0.05) is 29.3 Å². The van der Waals surface area contributed by atoms with Crippen molar-refractivity contribution in [1.29, 1.82) is 0 Å². The quantitative estimate of drug-likeness (QED) is 0.243. The van der Waals surface area contributed by atoms with E-state index in [0.29, 0.717) is 29.0 Å². The zero-order valence-electron chi connectivity index (χ0n) is 20.7. The van der Waals surface area contributed by atoms with Crippen molar-refractivity contribution in [1.82, 2.24) is 9.78 Å². The van der Waals surface area contributed by atoms with E-state index < -0.39 is 17.7 Å².